The van der Waals surface area contributed by atoms with Crippen molar-refractivity contribution in [3.05, 3.63) is 88.9 Å². The van der Waals surface area contributed by atoms with Crippen LogP contribution in [-0.2, 0) is 29.0 Å². The Balaban J connectivity index is 1.46. The monoisotopic (exact) mass is 600 g/mol. The molecule has 2 aliphatic rings. The van der Waals surface area contributed by atoms with Crippen LogP contribution in [0.1, 0.15) is 53.5 Å². The molecule has 0 unspecified atom stereocenters. The number of carbonyl (C=O) groups is 1. The second-order valence-corrected chi connectivity index (χ2v) is 12.6. The normalized spacial score (nSPS) is 20.5. The summed E-state index contributed by atoms with van der Waals surface area (Å²) in [6.07, 6.45) is 0.840. The van der Waals surface area contributed by atoms with E-state index in [1.165, 1.54) is 29.3 Å². The molecule has 0 aliphatic heterocycles. The van der Waals surface area contributed by atoms with Crippen molar-refractivity contribution >= 4 is 21.7 Å². The molecule has 4 aromatic rings. The van der Waals surface area contributed by atoms with Gasteiger partial charge in [0.25, 0.3) is 0 Å². The maximum absolute atomic E-state index is 14.3. The lowest BCUT2D eigenvalue weighted by molar-refractivity contribution is -0.137. The van der Waals surface area contributed by atoms with Gasteiger partial charge in [-0.3, -0.25) is 9.78 Å². The number of hydrogen-bond donors (Lipinski definition) is 0. The molecule has 6 rings (SSSR count). The molecule has 0 bridgehead atoms. The molecular weight excluding hydrogens is 576 g/mol. The predicted molar refractivity (Wildman–Crippen MR) is 142 cm³/mol. The molecule has 0 N–H and O–H groups in total. The quantitative estimate of drug-likeness (QED) is 0.229. The highest BCUT2D eigenvalue weighted by atomic mass is 32.2. The van der Waals surface area contributed by atoms with Gasteiger partial charge in [-0.1, -0.05) is 5.57 Å². The van der Waals surface area contributed by atoms with E-state index in [0.717, 1.165) is 12.3 Å². The van der Waals surface area contributed by atoms with Gasteiger partial charge < -0.3 is 0 Å². The second-order valence-electron chi connectivity index (χ2n) is 10.4. The largest absolute Gasteiger partial charge is 0.416 e. The molecule has 1 aromatic carbocycles. The Hall–Kier alpha value is -4.20. The Bertz CT molecular complexity index is 1830. The van der Waals surface area contributed by atoms with Crippen molar-refractivity contribution in [1.29, 1.82) is 0 Å². The van der Waals surface area contributed by atoms with Gasteiger partial charge in [0.15, 0.2) is 10.8 Å². The minimum absolute atomic E-state index is 0.000208. The first-order valence-corrected chi connectivity index (χ1v) is 14.7. The first-order valence-electron chi connectivity index (χ1n) is 13.2. The molecule has 1 saturated carbocycles. The summed E-state index contributed by atoms with van der Waals surface area (Å²) in [5.74, 6) is -1.12. The van der Waals surface area contributed by atoms with Crippen molar-refractivity contribution < 1.29 is 30.8 Å². The van der Waals surface area contributed by atoms with E-state index in [9.17, 15) is 30.8 Å². The van der Waals surface area contributed by atoms with E-state index in [1.54, 1.807) is 29.8 Å². The highest BCUT2D eigenvalue weighted by molar-refractivity contribution is 7.92. The van der Waals surface area contributed by atoms with Crippen molar-refractivity contribution in [2.75, 3.05) is 0 Å². The predicted octanol–water partition coefficient (Wildman–Crippen LogP) is 4.87. The number of hydrogen-bond acceptors (Lipinski definition) is 7. The third kappa shape index (κ3) is 4.63. The molecule has 3 heterocycles. The molecule has 14 heteroatoms. The number of carbonyl (C=O) groups excluding carboxylic acids is 1. The van der Waals surface area contributed by atoms with E-state index in [0.29, 0.717) is 35.1 Å². The van der Waals surface area contributed by atoms with Crippen molar-refractivity contribution in [3.63, 3.8) is 0 Å². The molecular formula is C28H24F4N6O3S. The summed E-state index contributed by atoms with van der Waals surface area (Å²) in [6, 6.07) is 7.16. The molecule has 9 nitrogen and oxygen atoms in total. The molecule has 218 valence electrons. The average Bonchev–Trinajstić information content (AvgIpc) is 3.63. The minimum atomic E-state index is -4.70. The first-order chi connectivity index (χ1) is 19.9. The highest BCUT2D eigenvalue weighted by Gasteiger charge is 2.52. The van der Waals surface area contributed by atoms with E-state index in [4.69, 9.17) is 0 Å². The van der Waals surface area contributed by atoms with Gasteiger partial charge in [-0.2, -0.15) is 28.2 Å². The third-order valence-corrected chi connectivity index (χ3v) is 10.0. The van der Waals surface area contributed by atoms with E-state index in [2.05, 4.69) is 20.3 Å². The smallest absolute Gasteiger partial charge is 0.291 e. The molecule has 2 atom stereocenters. The van der Waals surface area contributed by atoms with Crippen LogP contribution >= 0.6 is 0 Å². The van der Waals surface area contributed by atoms with Crippen molar-refractivity contribution in [3.8, 4) is 5.69 Å². The molecule has 3 aromatic heterocycles. The number of benzene rings is 1. The summed E-state index contributed by atoms with van der Waals surface area (Å²) in [7, 11) is -4.04. The van der Waals surface area contributed by atoms with Gasteiger partial charge in [0.1, 0.15) is 11.5 Å². The number of nitrogens with zero attached hydrogens (tertiary/aromatic N) is 6. The van der Waals surface area contributed by atoms with Crippen molar-refractivity contribution in [1.82, 2.24) is 29.8 Å². The van der Waals surface area contributed by atoms with Gasteiger partial charge in [0.05, 0.1) is 46.5 Å². The zero-order valence-corrected chi connectivity index (χ0v) is 23.0. The third-order valence-electron chi connectivity index (χ3n) is 7.97. The Kier molecular flexibility index (Phi) is 6.63. The van der Waals surface area contributed by atoms with E-state index in [1.807, 2.05) is 0 Å². The number of fused-ring (bicyclic) bond motifs is 2. The zero-order chi connectivity index (χ0) is 29.9. The van der Waals surface area contributed by atoms with Crippen LogP contribution in [0.25, 0.3) is 11.8 Å². The Morgan fingerprint density at radius 1 is 1.12 bits per heavy atom. The fourth-order valence-electron chi connectivity index (χ4n) is 5.83. The maximum Gasteiger partial charge on any atom is 0.416 e. The van der Waals surface area contributed by atoms with Crippen LogP contribution < -0.4 is 0 Å². The molecule has 2 aliphatic carbocycles. The number of rotatable bonds is 6. The molecule has 0 amide bonds. The first kappa shape index (κ1) is 27.9. The molecule has 0 saturated heterocycles. The Morgan fingerprint density at radius 2 is 1.88 bits per heavy atom. The molecule has 1 fully saturated rings. The summed E-state index contributed by atoms with van der Waals surface area (Å²) >= 11 is 0. The summed E-state index contributed by atoms with van der Waals surface area (Å²) < 4.78 is 83.2. The lowest BCUT2D eigenvalue weighted by Gasteiger charge is -2.43. The number of pyridine rings is 1. The lowest BCUT2D eigenvalue weighted by Crippen LogP contribution is -2.46. The average molecular weight is 601 g/mol. The van der Waals surface area contributed by atoms with Gasteiger partial charge in [-0.25, -0.2) is 17.5 Å². The zero-order valence-electron chi connectivity index (χ0n) is 22.2. The second kappa shape index (κ2) is 9.96. The van der Waals surface area contributed by atoms with Crippen molar-refractivity contribution in [2.45, 2.75) is 55.6 Å². The molecule has 0 spiro atoms. The summed E-state index contributed by atoms with van der Waals surface area (Å²) in [4.78, 5) is 19.5. The van der Waals surface area contributed by atoms with Gasteiger partial charge >= 0.3 is 6.18 Å². The molecule has 42 heavy (non-hydrogen) atoms. The number of alkyl halides is 3. The van der Waals surface area contributed by atoms with Gasteiger partial charge in [-0.15, -0.1) is 5.10 Å². The lowest BCUT2D eigenvalue weighted by atomic mass is 9.61. The number of halogens is 4. The van der Waals surface area contributed by atoms with Crippen LogP contribution in [0.2, 0.25) is 0 Å². The number of sulfone groups is 1. The van der Waals surface area contributed by atoms with Crippen LogP contribution in [0.15, 0.2) is 65.6 Å². The van der Waals surface area contributed by atoms with E-state index < -0.39 is 49.5 Å². The SMILES string of the molecule is CCn1ncc(S(=O)(=O)[C@H]2CCC3=Cc4c(cnn4-c4ccc(F)cc4)C[C@]3(C(=O)c3cc(C(F)(F)F)ccn3)C2)n1. The van der Waals surface area contributed by atoms with Crippen LogP contribution in [0, 0.1) is 11.2 Å². The van der Waals surface area contributed by atoms with E-state index in [-0.39, 0.29) is 30.7 Å². The number of ketones is 1. The summed E-state index contributed by atoms with van der Waals surface area (Å²) in [6.45, 7) is 2.12. The summed E-state index contributed by atoms with van der Waals surface area (Å²) in [5.41, 5.74) is -0.547. The number of aryl methyl sites for hydroxylation is 1. The summed E-state index contributed by atoms with van der Waals surface area (Å²) in [5, 5.41) is 11.2. The fraction of sp³-hybridized carbons (Fsp3) is 0.321. The highest BCUT2D eigenvalue weighted by Crippen LogP contribution is 2.52. The number of allylic oxidation sites excluding steroid dienone is 1. The van der Waals surface area contributed by atoms with Gasteiger partial charge in [0, 0.05) is 6.20 Å². The minimum Gasteiger partial charge on any atom is -0.291 e. The molecule has 0 radical (unpaired) electrons. The standard InChI is InChI=1S/C28H24F4N6O3S/c1-2-37-34-16-25(36-37)42(40,41)22-8-3-18-12-24-17(15-35-38(24)21-6-4-20(29)5-7-21)13-27(18,14-22)26(39)23-11-19(9-10-33-23)28(30,31)32/h4-7,9-12,15-16,22H,2-3,8,13-14H2,1H3/t22-,27-/m0/s1. The number of Topliss-reactive ketones (excluding diaryl/α,β-unsaturated/α-hetero) is 1. The Morgan fingerprint density at radius 3 is 2.57 bits per heavy atom. The van der Waals surface area contributed by atoms with E-state index >= 15 is 0 Å². The van der Waals surface area contributed by atoms with Crippen LogP contribution in [-0.4, -0.2) is 49.2 Å². The Labute approximate surface area is 237 Å². The van der Waals surface area contributed by atoms with Crippen molar-refractivity contribution in [2.24, 2.45) is 5.41 Å². The van der Waals surface area contributed by atoms with Crippen LogP contribution in [0.3, 0.4) is 0 Å². The topological polar surface area (TPSA) is 113 Å². The van der Waals surface area contributed by atoms with Gasteiger partial charge in [0.2, 0.25) is 9.84 Å². The number of aromatic nitrogens is 6. The van der Waals surface area contributed by atoms with Crippen LogP contribution in [0.5, 0.6) is 0 Å². The fourth-order valence-corrected chi connectivity index (χ4v) is 7.50. The van der Waals surface area contributed by atoms with Crippen LogP contribution in [0.4, 0.5) is 17.6 Å². The van der Waals surface area contributed by atoms with Gasteiger partial charge in [-0.05, 0) is 80.6 Å². The maximum atomic E-state index is 14.3.